The van der Waals surface area contributed by atoms with Gasteiger partial charge in [-0.05, 0) is 18.6 Å². The van der Waals surface area contributed by atoms with Gasteiger partial charge in [0.15, 0.2) is 6.29 Å². The first kappa shape index (κ1) is 10.4. The third-order valence-electron chi connectivity index (χ3n) is 2.45. The topological polar surface area (TPSA) is 71.7 Å². The van der Waals surface area contributed by atoms with E-state index in [0.29, 0.717) is 24.0 Å². The Kier molecular flexibility index (Phi) is 2.44. The molecule has 0 atom stereocenters. The molecular formula is C11H10N2O3. The van der Waals surface area contributed by atoms with Gasteiger partial charge in [0.05, 0.1) is 11.3 Å². The molecule has 0 bridgehead atoms. The van der Waals surface area contributed by atoms with Crippen molar-refractivity contribution in [3.63, 3.8) is 0 Å². The maximum absolute atomic E-state index is 10.8. The minimum atomic E-state index is -1.00. The number of pyridine rings is 1. The molecule has 0 saturated carbocycles. The van der Waals surface area contributed by atoms with Crippen LogP contribution in [0.15, 0.2) is 18.3 Å². The van der Waals surface area contributed by atoms with Crippen LogP contribution in [0.3, 0.4) is 0 Å². The summed E-state index contributed by atoms with van der Waals surface area (Å²) in [5.74, 6) is -1.00. The van der Waals surface area contributed by atoms with Crippen LogP contribution < -0.4 is 0 Å². The number of fused-ring (bicyclic) bond motifs is 1. The lowest BCUT2D eigenvalue weighted by Gasteiger charge is -1.99. The highest BCUT2D eigenvalue weighted by Gasteiger charge is 2.11. The van der Waals surface area contributed by atoms with E-state index in [9.17, 15) is 9.59 Å². The minimum absolute atomic E-state index is 0.164. The molecule has 0 amide bonds. The van der Waals surface area contributed by atoms with Crippen molar-refractivity contribution >= 4 is 17.9 Å². The molecular weight excluding hydrogens is 208 g/mol. The van der Waals surface area contributed by atoms with Crippen molar-refractivity contribution in [2.24, 2.45) is 0 Å². The van der Waals surface area contributed by atoms with Crippen LogP contribution in [-0.2, 0) is 6.42 Å². The Bertz CT molecular complexity index is 572. The van der Waals surface area contributed by atoms with Gasteiger partial charge >= 0.3 is 5.97 Å². The summed E-state index contributed by atoms with van der Waals surface area (Å²) < 4.78 is 1.73. The average molecular weight is 218 g/mol. The van der Waals surface area contributed by atoms with E-state index < -0.39 is 5.97 Å². The van der Waals surface area contributed by atoms with E-state index in [4.69, 9.17) is 5.11 Å². The summed E-state index contributed by atoms with van der Waals surface area (Å²) in [6, 6.07) is 2.94. The summed E-state index contributed by atoms with van der Waals surface area (Å²) in [6.45, 7) is 1.92. The number of aromatic nitrogens is 2. The molecule has 2 aromatic heterocycles. The molecule has 1 N–H and O–H groups in total. The van der Waals surface area contributed by atoms with Gasteiger partial charge in [-0.25, -0.2) is 9.78 Å². The van der Waals surface area contributed by atoms with E-state index in [1.54, 1.807) is 10.6 Å². The van der Waals surface area contributed by atoms with E-state index in [0.717, 1.165) is 5.69 Å². The molecule has 82 valence electrons. The SMILES string of the molecule is CCc1c(C=O)nc2cc(C(=O)O)ccn12. The second-order valence-electron chi connectivity index (χ2n) is 3.36. The minimum Gasteiger partial charge on any atom is -0.478 e. The summed E-state index contributed by atoms with van der Waals surface area (Å²) in [5, 5.41) is 8.83. The molecule has 5 nitrogen and oxygen atoms in total. The molecule has 0 spiro atoms. The standard InChI is InChI=1S/C11H10N2O3/c1-2-9-8(6-14)12-10-5-7(11(15)16)3-4-13(9)10/h3-6H,2H2,1H3,(H,15,16). The van der Waals surface area contributed by atoms with Gasteiger partial charge in [0.2, 0.25) is 0 Å². The lowest BCUT2D eigenvalue weighted by Crippen LogP contribution is -1.99. The van der Waals surface area contributed by atoms with Crippen molar-refractivity contribution in [1.29, 1.82) is 0 Å². The molecule has 0 saturated heterocycles. The van der Waals surface area contributed by atoms with Crippen LogP contribution in [0.25, 0.3) is 5.65 Å². The van der Waals surface area contributed by atoms with Crippen molar-refractivity contribution in [2.75, 3.05) is 0 Å². The van der Waals surface area contributed by atoms with E-state index in [1.807, 2.05) is 6.92 Å². The Hall–Kier alpha value is -2.17. The lowest BCUT2D eigenvalue weighted by atomic mass is 10.2. The molecule has 0 aliphatic carbocycles. The Labute approximate surface area is 91.3 Å². The number of carbonyl (C=O) groups excluding carboxylic acids is 1. The fourth-order valence-corrected chi connectivity index (χ4v) is 1.69. The number of carbonyl (C=O) groups is 2. The molecule has 2 aromatic rings. The molecule has 16 heavy (non-hydrogen) atoms. The van der Waals surface area contributed by atoms with Crippen molar-refractivity contribution in [3.8, 4) is 0 Å². The fourth-order valence-electron chi connectivity index (χ4n) is 1.69. The first-order valence-corrected chi connectivity index (χ1v) is 4.86. The monoisotopic (exact) mass is 218 g/mol. The Morgan fingerprint density at radius 3 is 2.94 bits per heavy atom. The maximum atomic E-state index is 10.8. The normalized spacial score (nSPS) is 10.6. The predicted molar refractivity (Wildman–Crippen MR) is 56.9 cm³/mol. The first-order chi connectivity index (χ1) is 7.67. The molecule has 0 radical (unpaired) electrons. The van der Waals surface area contributed by atoms with E-state index in [-0.39, 0.29) is 5.56 Å². The van der Waals surface area contributed by atoms with Crippen LogP contribution in [0.1, 0.15) is 33.5 Å². The number of nitrogens with zero attached hydrogens (tertiary/aromatic N) is 2. The van der Waals surface area contributed by atoms with Crippen molar-refractivity contribution in [1.82, 2.24) is 9.38 Å². The van der Waals surface area contributed by atoms with Gasteiger partial charge in [0.1, 0.15) is 11.3 Å². The Morgan fingerprint density at radius 1 is 1.62 bits per heavy atom. The largest absolute Gasteiger partial charge is 0.478 e. The number of aromatic carboxylic acids is 1. The van der Waals surface area contributed by atoms with Crippen LogP contribution in [0.2, 0.25) is 0 Å². The number of hydrogen-bond acceptors (Lipinski definition) is 3. The fraction of sp³-hybridized carbons (Fsp3) is 0.182. The molecule has 2 heterocycles. The number of hydrogen-bond donors (Lipinski definition) is 1. The zero-order valence-corrected chi connectivity index (χ0v) is 8.67. The average Bonchev–Trinajstić information content (AvgIpc) is 2.65. The zero-order valence-electron chi connectivity index (χ0n) is 8.67. The zero-order chi connectivity index (χ0) is 11.7. The summed E-state index contributed by atoms with van der Waals surface area (Å²) in [5.41, 5.74) is 1.81. The molecule has 0 unspecified atom stereocenters. The number of rotatable bonds is 3. The first-order valence-electron chi connectivity index (χ1n) is 4.86. The van der Waals surface area contributed by atoms with Crippen LogP contribution in [-0.4, -0.2) is 26.7 Å². The number of imidazole rings is 1. The lowest BCUT2D eigenvalue weighted by molar-refractivity contribution is 0.0696. The number of carboxylic acid groups (broad SMARTS) is 1. The quantitative estimate of drug-likeness (QED) is 0.790. The molecule has 2 rings (SSSR count). The smallest absolute Gasteiger partial charge is 0.335 e. The highest BCUT2D eigenvalue weighted by Crippen LogP contribution is 2.13. The number of aldehydes is 1. The second-order valence-corrected chi connectivity index (χ2v) is 3.36. The second kappa shape index (κ2) is 3.77. The van der Waals surface area contributed by atoms with E-state index in [1.165, 1.54) is 12.1 Å². The number of carboxylic acids is 1. The molecule has 0 aromatic carbocycles. The van der Waals surface area contributed by atoms with Crippen LogP contribution in [0.4, 0.5) is 0 Å². The van der Waals surface area contributed by atoms with Crippen LogP contribution >= 0.6 is 0 Å². The van der Waals surface area contributed by atoms with Gasteiger partial charge in [0.25, 0.3) is 0 Å². The van der Waals surface area contributed by atoms with Gasteiger partial charge in [0, 0.05) is 6.20 Å². The highest BCUT2D eigenvalue weighted by atomic mass is 16.4. The summed E-state index contributed by atoms with van der Waals surface area (Å²) >= 11 is 0. The Morgan fingerprint density at radius 2 is 2.38 bits per heavy atom. The Balaban J connectivity index is 2.72. The molecule has 0 fully saturated rings. The third-order valence-corrected chi connectivity index (χ3v) is 2.45. The van der Waals surface area contributed by atoms with Gasteiger partial charge in [-0.3, -0.25) is 4.79 Å². The maximum Gasteiger partial charge on any atom is 0.335 e. The molecule has 0 aliphatic rings. The van der Waals surface area contributed by atoms with Gasteiger partial charge in [-0.1, -0.05) is 6.92 Å². The van der Waals surface area contributed by atoms with Crippen molar-refractivity contribution in [2.45, 2.75) is 13.3 Å². The van der Waals surface area contributed by atoms with Gasteiger partial charge in [-0.2, -0.15) is 0 Å². The van der Waals surface area contributed by atoms with Gasteiger partial charge < -0.3 is 9.51 Å². The summed E-state index contributed by atoms with van der Waals surface area (Å²) in [4.78, 5) is 25.6. The number of aryl methyl sites for hydroxylation is 1. The summed E-state index contributed by atoms with van der Waals surface area (Å²) in [7, 11) is 0. The molecule has 0 aliphatic heterocycles. The van der Waals surface area contributed by atoms with Crippen LogP contribution in [0, 0.1) is 0 Å². The van der Waals surface area contributed by atoms with Crippen molar-refractivity contribution < 1.29 is 14.7 Å². The highest BCUT2D eigenvalue weighted by molar-refractivity contribution is 5.89. The van der Waals surface area contributed by atoms with E-state index in [2.05, 4.69) is 4.98 Å². The third kappa shape index (κ3) is 1.46. The van der Waals surface area contributed by atoms with Crippen molar-refractivity contribution in [3.05, 3.63) is 35.3 Å². The van der Waals surface area contributed by atoms with Crippen LogP contribution in [0.5, 0.6) is 0 Å². The predicted octanol–water partition coefficient (Wildman–Crippen LogP) is 1.41. The van der Waals surface area contributed by atoms with E-state index >= 15 is 0 Å². The molecule has 5 heteroatoms. The summed E-state index contributed by atoms with van der Waals surface area (Å²) in [6.07, 6.45) is 2.98. The van der Waals surface area contributed by atoms with Gasteiger partial charge in [-0.15, -0.1) is 0 Å².